The number of nitriles is 1. The summed E-state index contributed by atoms with van der Waals surface area (Å²) in [5, 5.41) is 11.7. The molecule has 2 aromatic rings. The van der Waals surface area contributed by atoms with Gasteiger partial charge in [-0.05, 0) is 23.8 Å². The number of anilines is 1. The molecule has 0 spiro atoms. The normalized spacial score (nSPS) is 20.0. The van der Waals surface area contributed by atoms with Crippen LogP contribution in [0.4, 0.5) is 10.5 Å². The van der Waals surface area contributed by atoms with E-state index in [1.165, 1.54) is 13.1 Å². The number of hydrogen-bond donors (Lipinski definition) is 1. The highest BCUT2D eigenvalue weighted by atomic mass is 16.6. The smallest absolute Gasteiger partial charge is 0.415 e. The summed E-state index contributed by atoms with van der Waals surface area (Å²) in [5.74, 6) is 0.378. The average molecular weight is 364 g/mol. The van der Waals surface area contributed by atoms with Crippen molar-refractivity contribution in [2.75, 3.05) is 18.1 Å². The average Bonchev–Trinajstić information content (AvgIpc) is 3.02. The first-order valence-corrected chi connectivity index (χ1v) is 8.43. The van der Waals surface area contributed by atoms with Gasteiger partial charge in [-0.15, -0.1) is 0 Å². The van der Waals surface area contributed by atoms with Gasteiger partial charge in [-0.1, -0.05) is 6.07 Å². The summed E-state index contributed by atoms with van der Waals surface area (Å²) in [6.45, 7) is 1.92. The van der Waals surface area contributed by atoms with Gasteiger partial charge in [0.25, 0.3) is 0 Å². The fourth-order valence-electron chi connectivity index (χ4n) is 3.29. The van der Waals surface area contributed by atoms with Gasteiger partial charge in [-0.25, -0.2) is 4.79 Å². The van der Waals surface area contributed by atoms with E-state index < -0.39 is 12.2 Å². The van der Waals surface area contributed by atoms with E-state index in [1.807, 2.05) is 12.1 Å². The maximum absolute atomic E-state index is 12.4. The fourth-order valence-corrected chi connectivity index (χ4v) is 3.29. The highest BCUT2D eigenvalue weighted by Gasteiger charge is 2.46. The molecule has 136 valence electrons. The Morgan fingerprint density at radius 2 is 2.22 bits per heavy atom. The van der Waals surface area contributed by atoms with Crippen LogP contribution in [0.2, 0.25) is 0 Å². The Bertz CT molecular complexity index is 968. The number of ether oxygens (including phenoxy) is 2. The molecule has 2 atom stereocenters. The highest BCUT2D eigenvalue weighted by molar-refractivity contribution is 5.94. The van der Waals surface area contributed by atoms with Crippen LogP contribution in [-0.2, 0) is 9.53 Å². The van der Waals surface area contributed by atoms with Crippen LogP contribution in [0.5, 0.6) is 5.75 Å². The number of pyridine rings is 1. The SMILES string of the molecule is CC(=O)NCC1OC(=O)N2c3ccc(-c4cncc(C#N)c4)cc3OCC12. The van der Waals surface area contributed by atoms with Gasteiger partial charge in [0.15, 0.2) is 0 Å². The number of rotatable bonds is 3. The lowest BCUT2D eigenvalue weighted by molar-refractivity contribution is -0.119. The Kier molecular flexibility index (Phi) is 4.12. The molecule has 1 N–H and O–H groups in total. The third-order valence-electron chi connectivity index (χ3n) is 4.59. The second-order valence-electron chi connectivity index (χ2n) is 6.36. The van der Waals surface area contributed by atoms with Crippen LogP contribution in [0, 0.1) is 11.3 Å². The molecular formula is C19H16N4O4. The van der Waals surface area contributed by atoms with Gasteiger partial charge in [0.1, 0.15) is 30.6 Å². The van der Waals surface area contributed by atoms with Crippen molar-refractivity contribution in [1.82, 2.24) is 10.3 Å². The lowest BCUT2D eigenvalue weighted by atomic mass is 10.0. The molecular weight excluding hydrogens is 348 g/mol. The summed E-state index contributed by atoms with van der Waals surface area (Å²) in [6.07, 6.45) is 2.24. The summed E-state index contributed by atoms with van der Waals surface area (Å²) in [6, 6.07) is 8.96. The van der Waals surface area contributed by atoms with E-state index >= 15 is 0 Å². The second-order valence-corrected chi connectivity index (χ2v) is 6.36. The van der Waals surface area contributed by atoms with E-state index in [9.17, 15) is 9.59 Å². The van der Waals surface area contributed by atoms with Gasteiger partial charge < -0.3 is 14.8 Å². The Labute approximate surface area is 155 Å². The highest BCUT2D eigenvalue weighted by Crippen LogP contribution is 2.40. The summed E-state index contributed by atoms with van der Waals surface area (Å²) < 4.78 is 11.3. The van der Waals surface area contributed by atoms with Crippen LogP contribution in [0.3, 0.4) is 0 Å². The van der Waals surface area contributed by atoms with Gasteiger partial charge >= 0.3 is 6.09 Å². The van der Waals surface area contributed by atoms with Crippen LogP contribution >= 0.6 is 0 Å². The molecule has 2 unspecified atom stereocenters. The van der Waals surface area contributed by atoms with Crippen molar-refractivity contribution in [2.24, 2.45) is 0 Å². The molecule has 8 nitrogen and oxygen atoms in total. The van der Waals surface area contributed by atoms with E-state index in [-0.39, 0.29) is 25.1 Å². The predicted molar refractivity (Wildman–Crippen MR) is 95.1 cm³/mol. The minimum atomic E-state index is -0.467. The molecule has 2 aliphatic rings. The molecule has 2 amide bonds. The zero-order valence-corrected chi connectivity index (χ0v) is 14.5. The standard InChI is InChI=1S/C19H16N4O4/c1-11(24)22-9-18-16-10-26-17-5-13(14-4-12(6-20)7-21-8-14)2-3-15(17)23(16)19(25)27-18/h2-5,7-8,16,18H,9-10H2,1H3,(H,22,24). The van der Waals surface area contributed by atoms with E-state index in [1.54, 1.807) is 23.2 Å². The summed E-state index contributed by atoms with van der Waals surface area (Å²) in [7, 11) is 0. The number of nitrogens with one attached hydrogen (secondary N) is 1. The Morgan fingerprint density at radius 1 is 1.37 bits per heavy atom. The van der Waals surface area contributed by atoms with E-state index in [2.05, 4.69) is 16.4 Å². The largest absolute Gasteiger partial charge is 0.489 e. The molecule has 0 bridgehead atoms. The van der Waals surface area contributed by atoms with Crippen molar-refractivity contribution >= 4 is 17.7 Å². The summed E-state index contributed by atoms with van der Waals surface area (Å²) in [4.78, 5) is 29.1. The van der Waals surface area contributed by atoms with Gasteiger partial charge in [0.05, 0.1) is 17.8 Å². The second kappa shape index (κ2) is 6.61. The van der Waals surface area contributed by atoms with Crippen molar-refractivity contribution in [3.63, 3.8) is 0 Å². The molecule has 1 fully saturated rings. The Hall–Kier alpha value is -3.60. The van der Waals surface area contributed by atoms with Gasteiger partial charge in [0, 0.05) is 24.9 Å². The van der Waals surface area contributed by atoms with Crippen LogP contribution in [0.15, 0.2) is 36.7 Å². The molecule has 27 heavy (non-hydrogen) atoms. The van der Waals surface area contributed by atoms with E-state index in [4.69, 9.17) is 14.7 Å². The Morgan fingerprint density at radius 3 is 3.00 bits per heavy atom. The molecule has 3 heterocycles. The predicted octanol–water partition coefficient (Wildman–Crippen LogP) is 1.84. The van der Waals surface area contributed by atoms with Crippen LogP contribution in [-0.4, -0.2) is 42.3 Å². The number of cyclic esters (lactones) is 1. The van der Waals surface area contributed by atoms with Crippen molar-refractivity contribution in [3.8, 4) is 22.9 Å². The first-order chi connectivity index (χ1) is 13.1. The van der Waals surface area contributed by atoms with Gasteiger partial charge in [-0.2, -0.15) is 5.26 Å². The lowest BCUT2D eigenvalue weighted by Gasteiger charge is -2.31. The molecule has 1 aromatic carbocycles. The Balaban J connectivity index is 1.63. The number of fused-ring (bicyclic) bond motifs is 3. The number of hydrogen-bond acceptors (Lipinski definition) is 6. The number of nitrogens with zero attached hydrogens (tertiary/aromatic N) is 3. The van der Waals surface area contributed by atoms with Crippen molar-refractivity contribution in [2.45, 2.75) is 19.1 Å². The molecule has 0 saturated carbocycles. The summed E-state index contributed by atoms with van der Waals surface area (Å²) in [5.41, 5.74) is 2.71. The third kappa shape index (κ3) is 3.04. The van der Waals surface area contributed by atoms with Crippen molar-refractivity contribution in [1.29, 1.82) is 5.26 Å². The topological polar surface area (TPSA) is 105 Å². The third-order valence-corrected chi connectivity index (χ3v) is 4.59. The molecule has 0 aliphatic carbocycles. The summed E-state index contributed by atoms with van der Waals surface area (Å²) >= 11 is 0. The van der Waals surface area contributed by atoms with Gasteiger partial charge in [-0.3, -0.25) is 14.7 Å². The quantitative estimate of drug-likeness (QED) is 0.891. The van der Waals surface area contributed by atoms with Crippen molar-refractivity contribution < 1.29 is 19.1 Å². The molecule has 2 aliphatic heterocycles. The van der Waals surface area contributed by atoms with E-state index in [0.29, 0.717) is 17.0 Å². The maximum atomic E-state index is 12.4. The number of carbonyl (C=O) groups excluding carboxylic acids is 2. The minimum Gasteiger partial charge on any atom is -0.489 e. The molecule has 4 rings (SSSR count). The lowest BCUT2D eigenvalue weighted by Crippen LogP contribution is -2.47. The number of carbonyl (C=O) groups is 2. The van der Waals surface area contributed by atoms with E-state index in [0.717, 1.165) is 11.1 Å². The molecule has 0 radical (unpaired) electrons. The first-order valence-electron chi connectivity index (χ1n) is 8.43. The molecule has 1 aromatic heterocycles. The zero-order chi connectivity index (χ0) is 19.0. The number of amides is 2. The van der Waals surface area contributed by atoms with Crippen LogP contribution in [0.25, 0.3) is 11.1 Å². The zero-order valence-electron chi connectivity index (χ0n) is 14.5. The van der Waals surface area contributed by atoms with Gasteiger partial charge in [0.2, 0.25) is 5.91 Å². The molecule has 1 saturated heterocycles. The number of aromatic nitrogens is 1. The maximum Gasteiger partial charge on any atom is 0.415 e. The monoisotopic (exact) mass is 364 g/mol. The number of benzene rings is 1. The van der Waals surface area contributed by atoms with Crippen LogP contribution < -0.4 is 15.0 Å². The molecule has 8 heteroatoms. The first kappa shape index (κ1) is 16.8. The van der Waals surface area contributed by atoms with Crippen LogP contribution in [0.1, 0.15) is 12.5 Å². The van der Waals surface area contributed by atoms with Crippen molar-refractivity contribution in [3.05, 3.63) is 42.2 Å². The minimum absolute atomic E-state index is 0.181. The fraction of sp³-hybridized carbons (Fsp3) is 0.263.